The van der Waals surface area contributed by atoms with Gasteiger partial charge < -0.3 is 4.90 Å². The van der Waals surface area contributed by atoms with Gasteiger partial charge in [-0.15, -0.1) is 11.3 Å². The van der Waals surface area contributed by atoms with Crippen LogP contribution in [0.15, 0.2) is 66.0 Å². The maximum Gasteiger partial charge on any atom is 0.268 e. The molecule has 0 spiro atoms. The Bertz CT molecular complexity index is 947. The molecule has 1 aromatic heterocycles. The summed E-state index contributed by atoms with van der Waals surface area (Å²) in [5.74, 6) is -0.114. The van der Waals surface area contributed by atoms with E-state index >= 15 is 0 Å². The molecule has 5 heteroatoms. The van der Waals surface area contributed by atoms with Crippen LogP contribution in [0.25, 0.3) is 0 Å². The first-order valence-corrected chi connectivity index (χ1v) is 10.9. The fourth-order valence-electron chi connectivity index (χ4n) is 3.95. The molecule has 1 saturated heterocycles. The number of aryl methyl sites for hydroxylation is 1. The van der Waals surface area contributed by atoms with Gasteiger partial charge in [-0.3, -0.25) is 9.69 Å². The highest BCUT2D eigenvalue weighted by Crippen LogP contribution is 2.28. The summed E-state index contributed by atoms with van der Waals surface area (Å²) in [5.41, 5.74) is 3.13. The van der Waals surface area contributed by atoms with Gasteiger partial charge >= 0.3 is 0 Å². The predicted octanol–water partition coefficient (Wildman–Crippen LogP) is 5.51. The van der Waals surface area contributed by atoms with Gasteiger partial charge in [0.25, 0.3) is 5.91 Å². The molecule has 0 saturated carbocycles. The highest BCUT2D eigenvalue weighted by Gasteiger charge is 2.30. The second kappa shape index (κ2) is 8.89. The average Bonchev–Trinajstić information content (AvgIpc) is 3.26. The highest BCUT2D eigenvalue weighted by atomic mass is 32.1. The van der Waals surface area contributed by atoms with Gasteiger partial charge in [-0.25, -0.2) is 4.39 Å². The molecule has 1 aliphatic rings. The van der Waals surface area contributed by atoms with Crippen molar-refractivity contribution in [1.29, 1.82) is 0 Å². The van der Waals surface area contributed by atoms with E-state index in [2.05, 4.69) is 24.0 Å². The van der Waals surface area contributed by atoms with Gasteiger partial charge in [-0.05, 0) is 61.0 Å². The molecule has 3 aromatic rings. The molecule has 0 bridgehead atoms. The molecule has 4 rings (SSSR count). The number of piperidine rings is 1. The molecular formula is C24H25FN2OS. The molecule has 150 valence electrons. The van der Waals surface area contributed by atoms with E-state index in [9.17, 15) is 9.18 Å². The second-order valence-electron chi connectivity index (χ2n) is 7.63. The summed E-state index contributed by atoms with van der Waals surface area (Å²) in [7, 11) is 0. The number of amides is 1. The second-order valence-corrected chi connectivity index (χ2v) is 8.57. The normalized spacial score (nSPS) is 15.4. The van der Waals surface area contributed by atoms with E-state index in [0.717, 1.165) is 48.6 Å². The molecule has 29 heavy (non-hydrogen) atoms. The van der Waals surface area contributed by atoms with Crippen molar-refractivity contribution in [1.82, 2.24) is 4.90 Å². The summed E-state index contributed by atoms with van der Waals surface area (Å²) >= 11 is 1.49. The van der Waals surface area contributed by atoms with E-state index in [0.29, 0.717) is 0 Å². The number of anilines is 1. The lowest BCUT2D eigenvalue weighted by Crippen LogP contribution is -2.47. The summed E-state index contributed by atoms with van der Waals surface area (Å²) in [6.45, 7) is 4.58. The predicted molar refractivity (Wildman–Crippen MR) is 117 cm³/mol. The van der Waals surface area contributed by atoms with E-state index in [1.807, 2.05) is 40.6 Å². The number of likely N-dealkylation sites (tertiary alicyclic amines) is 1. The van der Waals surface area contributed by atoms with Crippen LogP contribution < -0.4 is 4.90 Å². The number of nitrogens with zero attached hydrogens (tertiary/aromatic N) is 2. The van der Waals surface area contributed by atoms with Crippen molar-refractivity contribution in [3.8, 4) is 0 Å². The number of hydrogen-bond acceptors (Lipinski definition) is 3. The minimum Gasteiger partial charge on any atom is -0.305 e. The monoisotopic (exact) mass is 408 g/mol. The lowest BCUT2D eigenvalue weighted by atomic mass is 10.0. The van der Waals surface area contributed by atoms with Gasteiger partial charge in [-0.2, -0.15) is 0 Å². The van der Waals surface area contributed by atoms with E-state index in [4.69, 9.17) is 0 Å². The Morgan fingerprint density at radius 1 is 1.10 bits per heavy atom. The van der Waals surface area contributed by atoms with E-state index in [1.54, 1.807) is 12.1 Å². The molecule has 0 unspecified atom stereocenters. The van der Waals surface area contributed by atoms with Crippen LogP contribution in [0.3, 0.4) is 0 Å². The Morgan fingerprint density at radius 3 is 2.52 bits per heavy atom. The average molecular weight is 409 g/mol. The fourth-order valence-corrected chi connectivity index (χ4v) is 4.61. The first-order valence-electron chi connectivity index (χ1n) is 10.0. The lowest BCUT2D eigenvalue weighted by molar-refractivity contribution is 0.0962. The maximum atomic E-state index is 13.5. The molecule has 0 aliphatic carbocycles. The summed E-state index contributed by atoms with van der Waals surface area (Å²) in [5, 5.41) is 1.95. The summed E-state index contributed by atoms with van der Waals surface area (Å²) in [4.78, 5) is 18.4. The van der Waals surface area contributed by atoms with Gasteiger partial charge in [0.1, 0.15) is 5.82 Å². The summed E-state index contributed by atoms with van der Waals surface area (Å²) < 4.78 is 13.5. The van der Waals surface area contributed by atoms with Crippen LogP contribution in [0.1, 0.15) is 33.6 Å². The van der Waals surface area contributed by atoms with Gasteiger partial charge in [0, 0.05) is 31.4 Å². The molecule has 3 nitrogen and oxygen atoms in total. The minimum absolute atomic E-state index is 0.0763. The summed E-state index contributed by atoms with van der Waals surface area (Å²) in [6.07, 6.45) is 1.81. The van der Waals surface area contributed by atoms with Crippen molar-refractivity contribution >= 4 is 22.9 Å². The Hall–Kier alpha value is -2.50. The highest BCUT2D eigenvalue weighted by molar-refractivity contribution is 7.12. The van der Waals surface area contributed by atoms with Gasteiger partial charge in [0.2, 0.25) is 0 Å². The van der Waals surface area contributed by atoms with Crippen LogP contribution in [0.4, 0.5) is 10.1 Å². The number of thiophene rings is 1. The SMILES string of the molecule is Cc1ccc(N(C(=O)c2cccs2)C2CCN(Cc3cccc(F)c3)CC2)cc1. The number of carbonyl (C=O) groups excluding carboxylic acids is 1. The van der Waals surface area contributed by atoms with Gasteiger partial charge in [-0.1, -0.05) is 35.9 Å². The van der Waals surface area contributed by atoms with Crippen LogP contribution in [0.2, 0.25) is 0 Å². The van der Waals surface area contributed by atoms with Gasteiger partial charge in [0.05, 0.1) is 4.88 Å². The van der Waals surface area contributed by atoms with Crippen LogP contribution in [-0.2, 0) is 6.54 Å². The molecular weight excluding hydrogens is 383 g/mol. The van der Waals surface area contributed by atoms with Crippen molar-refractivity contribution in [3.05, 3.63) is 87.9 Å². The molecule has 1 aliphatic heterocycles. The molecule has 0 atom stereocenters. The topological polar surface area (TPSA) is 23.6 Å². The van der Waals surface area contributed by atoms with E-state index in [1.165, 1.54) is 23.0 Å². The van der Waals surface area contributed by atoms with Crippen molar-refractivity contribution in [2.24, 2.45) is 0 Å². The molecule has 0 radical (unpaired) electrons. The van der Waals surface area contributed by atoms with Crippen molar-refractivity contribution < 1.29 is 9.18 Å². The third-order valence-corrected chi connectivity index (χ3v) is 6.34. The third kappa shape index (κ3) is 4.74. The minimum atomic E-state index is -0.190. The zero-order valence-electron chi connectivity index (χ0n) is 16.6. The van der Waals surface area contributed by atoms with Crippen molar-refractivity contribution in [2.75, 3.05) is 18.0 Å². The lowest BCUT2D eigenvalue weighted by Gasteiger charge is -2.38. The maximum absolute atomic E-state index is 13.5. The molecule has 2 aromatic carbocycles. The first-order chi connectivity index (χ1) is 14.1. The smallest absolute Gasteiger partial charge is 0.268 e. The number of hydrogen-bond donors (Lipinski definition) is 0. The molecule has 0 N–H and O–H groups in total. The molecule has 1 amide bonds. The third-order valence-electron chi connectivity index (χ3n) is 5.48. The van der Waals surface area contributed by atoms with Crippen LogP contribution in [0.5, 0.6) is 0 Å². The molecule has 1 fully saturated rings. The van der Waals surface area contributed by atoms with Gasteiger partial charge in [0.15, 0.2) is 0 Å². The number of halogens is 1. The van der Waals surface area contributed by atoms with Crippen LogP contribution in [0, 0.1) is 12.7 Å². The Labute approximate surface area is 175 Å². The fraction of sp³-hybridized carbons (Fsp3) is 0.292. The Morgan fingerprint density at radius 2 is 1.86 bits per heavy atom. The molecule has 2 heterocycles. The number of rotatable bonds is 5. The Balaban J connectivity index is 1.49. The number of benzene rings is 2. The Kier molecular flexibility index (Phi) is 6.07. The zero-order chi connectivity index (χ0) is 20.2. The quantitative estimate of drug-likeness (QED) is 0.556. The summed E-state index contributed by atoms with van der Waals surface area (Å²) in [6, 6.07) is 19.0. The zero-order valence-corrected chi connectivity index (χ0v) is 17.4. The van der Waals surface area contributed by atoms with Crippen LogP contribution >= 0.6 is 11.3 Å². The number of carbonyl (C=O) groups is 1. The largest absolute Gasteiger partial charge is 0.305 e. The van der Waals surface area contributed by atoms with Crippen LogP contribution in [-0.4, -0.2) is 29.9 Å². The van der Waals surface area contributed by atoms with E-state index in [-0.39, 0.29) is 17.8 Å². The van der Waals surface area contributed by atoms with Crippen molar-refractivity contribution in [2.45, 2.75) is 32.4 Å². The van der Waals surface area contributed by atoms with E-state index < -0.39 is 0 Å². The van der Waals surface area contributed by atoms with Crippen molar-refractivity contribution in [3.63, 3.8) is 0 Å². The first kappa shape index (κ1) is 19.8. The standard InChI is InChI=1S/C24H25FN2OS/c1-18-7-9-21(10-8-18)27(24(28)23-6-3-15-29-23)22-11-13-26(14-12-22)17-19-4-2-5-20(25)16-19/h2-10,15-16,22H,11-14,17H2,1H3.